The number of aromatic nitrogens is 1. The summed E-state index contributed by atoms with van der Waals surface area (Å²) < 4.78 is 5.37. The van der Waals surface area contributed by atoms with Gasteiger partial charge in [-0.15, -0.1) is 11.3 Å². The second-order valence-electron chi connectivity index (χ2n) is 7.08. The molecule has 0 aliphatic heterocycles. The van der Waals surface area contributed by atoms with E-state index in [1.54, 1.807) is 0 Å². The number of aliphatic hydroxyl groups excluding tert-OH is 2. The Morgan fingerprint density at radius 2 is 1.71 bits per heavy atom. The van der Waals surface area contributed by atoms with Gasteiger partial charge in [-0.3, -0.25) is 0 Å². The molecule has 0 radical (unpaired) electrons. The lowest BCUT2D eigenvalue weighted by atomic mass is 9.98. The number of aliphatic hydroxyl groups is 2. The maximum absolute atomic E-state index is 12.2. The van der Waals surface area contributed by atoms with Crippen LogP contribution >= 0.6 is 11.3 Å². The Labute approximate surface area is 181 Å². The van der Waals surface area contributed by atoms with Crippen LogP contribution in [0.25, 0.3) is 11.1 Å². The average Bonchev–Trinajstić information content (AvgIpc) is 3.39. The third-order valence-corrected chi connectivity index (χ3v) is 6.00. The zero-order chi connectivity index (χ0) is 22.0. The fourth-order valence-electron chi connectivity index (χ4n) is 3.66. The van der Waals surface area contributed by atoms with Crippen LogP contribution in [0.4, 0.5) is 4.79 Å². The molecular weight excluding hydrogens is 420 g/mol. The minimum absolute atomic E-state index is 0.00830. The van der Waals surface area contributed by atoms with Gasteiger partial charge in [-0.05, 0) is 22.3 Å². The minimum Gasteiger partial charge on any atom is -0.542 e. The molecule has 1 amide bonds. The topological polar surface area (TPSA) is 132 Å². The Balaban J connectivity index is 1.33. The number of nitrogens with one attached hydrogen (secondary N) is 1. The second kappa shape index (κ2) is 8.84. The van der Waals surface area contributed by atoms with E-state index in [2.05, 4.69) is 10.3 Å². The molecule has 8 nitrogen and oxygen atoms in total. The van der Waals surface area contributed by atoms with Gasteiger partial charge in [0, 0.05) is 17.8 Å². The van der Waals surface area contributed by atoms with Crippen LogP contribution < -0.4 is 10.4 Å². The summed E-state index contributed by atoms with van der Waals surface area (Å²) in [5, 5.41) is 34.4. The van der Waals surface area contributed by atoms with Gasteiger partial charge in [0.1, 0.15) is 29.8 Å². The number of fused-ring (bicyclic) bond motifs is 3. The molecule has 31 heavy (non-hydrogen) atoms. The number of thiazole rings is 1. The van der Waals surface area contributed by atoms with Crippen molar-refractivity contribution >= 4 is 23.4 Å². The lowest BCUT2D eigenvalue weighted by Crippen LogP contribution is -2.36. The SMILES string of the molecule is O=C(NCC(O)C(O)c1csc(C(=O)[O-])n1)OCC1c2ccccc2-c2ccccc21. The first-order valence-corrected chi connectivity index (χ1v) is 10.5. The van der Waals surface area contributed by atoms with Crippen molar-refractivity contribution < 1.29 is 29.6 Å². The molecule has 3 N–H and O–H groups in total. The molecule has 0 spiro atoms. The quantitative estimate of drug-likeness (QED) is 0.507. The molecule has 0 bridgehead atoms. The van der Waals surface area contributed by atoms with Gasteiger partial charge in [-0.2, -0.15) is 0 Å². The Morgan fingerprint density at radius 1 is 1.10 bits per heavy atom. The van der Waals surface area contributed by atoms with Crippen LogP contribution in [0.2, 0.25) is 0 Å². The van der Waals surface area contributed by atoms with E-state index in [-0.39, 0.29) is 29.8 Å². The highest BCUT2D eigenvalue weighted by atomic mass is 32.1. The Hall–Kier alpha value is -3.27. The summed E-state index contributed by atoms with van der Waals surface area (Å²) in [4.78, 5) is 26.6. The fourth-order valence-corrected chi connectivity index (χ4v) is 4.34. The fraction of sp³-hybridized carbons (Fsp3) is 0.227. The molecule has 160 valence electrons. The summed E-state index contributed by atoms with van der Waals surface area (Å²) in [5.74, 6) is -1.55. The highest BCUT2D eigenvalue weighted by Gasteiger charge is 2.29. The number of carboxylic acids is 1. The molecule has 1 aliphatic carbocycles. The number of hydrogen-bond donors (Lipinski definition) is 3. The standard InChI is InChI=1S/C22H20N2O6S/c25-18(19(26)17-11-31-20(24-17)21(27)28)9-23-22(29)30-10-16-14-7-3-1-5-12(14)13-6-2-4-8-15(13)16/h1-8,11,16,18-19,25-26H,9-10H2,(H,23,29)(H,27,28)/p-1. The first-order valence-electron chi connectivity index (χ1n) is 9.57. The zero-order valence-electron chi connectivity index (χ0n) is 16.2. The van der Waals surface area contributed by atoms with E-state index in [9.17, 15) is 24.9 Å². The molecule has 9 heteroatoms. The van der Waals surface area contributed by atoms with Crippen LogP contribution in [-0.4, -0.2) is 46.5 Å². The van der Waals surface area contributed by atoms with E-state index < -0.39 is 24.3 Å². The summed E-state index contributed by atoms with van der Waals surface area (Å²) >= 11 is 0.783. The van der Waals surface area contributed by atoms with Gasteiger partial charge in [0.05, 0.1) is 5.69 Å². The molecule has 1 aromatic heterocycles. The van der Waals surface area contributed by atoms with Crippen molar-refractivity contribution in [3.63, 3.8) is 0 Å². The summed E-state index contributed by atoms with van der Waals surface area (Å²) in [6, 6.07) is 15.9. The van der Waals surface area contributed by atoms with Crippen LogP contribution in [-0.2, 0) is 4.74 Å². The van der Waals surface area contributed by atoms with Crippen molar-refractivity contribution in [2.75, 3.05) is 13.2 Å². The van der Waals surface area contributed by atoms with Gasteiger partial charge in [-0.1, -0.05) is 48.5 Å². The van der Waals surface area contributed by atoms with Crippen molar-refractivity contribution in [2.45, 2.75) is 18.1 Å². The maximum atomic E-state index is 12.2. The van der Waals surface area contributed by atoms with Crippen LogP contribution in [0, 0.1) is 0 Å². The van der Waals surface area contributed by atoms with E-state index >= 15 is 0 Å². The first kappa shape index (κ1) is 21.0. The van der Waals surface area contributed by atoms with E-state index in [1.807, 2.05) is 48.5 Å². The Bertz CT molecular complexity index is 1070. The van der Waals surface area contributed by atoms with Gasteiger partial charge >= 0.3 is 6.09 Å². The lowest BCUT2D eigenvalue weighted by Gasteiger charge is -2.18. The normalized spacial score (nSPS) is 14.4. The Morgan fingerprint density at radius 3 is 2.29 bits per heavy atom. The third kappa shape index (κ3) is 4.29. The molecule has 2 atom stereocenters. The number of aromatic carboxylic acids is 1. The molecule has 3 aromatic rings. The highest BCUT2D eigenvalue weighted by Crippen LogP contribution is 2.44. The third-order valence-electron chi connectivity index (χ3n) is 5.16. The highest BCUT2D eigenvalue weighted by molar-refractivity contribution is 7.11. The van der Waals surface area contributed by atoms with Crippen molar-refractivity contribution in [3.8, 4) is 11.1 Å². The lowest BCUT2D eigenvalue weighted by molar-refractivity contribution is -0.255. The zero-order valence-corrected chi connectivity index (χ0v) is 17.0. The largest absolute Gasteiger partial charge is 0.542 e. The summed E-state index contributed by atoms with van der Waals surface area (Å²) in [7, 11) is 0. The van der Waals surface area contributed by atoms with Crippen molar-refractivity contribution in [2.24, 2.45) is 0 Å². The first-order chi connectivity index (χ1) is 15.0. The predicted molar refractivity (Wildman–Crippen MR) is 110 cm³/mol. The summed E-state index contributed by atoms with van der Waals surface area (Å²) in [6.07, 6.45) is -3.59. The van der Waals surface area contributed by atoms with E-state index in [1.165, 1.54) is 5.38 Å². The molecule has 0 saturated heterocycles. The van der Waals surface area contributed by atoms with Gasteiger partial charge in [0.15, 0.2) is 0 Å². The van der Waals surface area contributed by atoms with Gasteiger partial charge in [0.2, 0.25) is 0 Å². The number of hydrogen-bond acceptors (Lipinski definition) is 8. The maximum Gasteiger partial charge on any atom is 0.407 e. The average molecular weight is 439 g/mol. The van der Waals surface area contributed by atoms with Crippen molar-refractivity contribution in [1.82, 2.24) is 10.3 Å². The van der Waals surface area contributed by atoms with Gasteiger partial charge in [0.25, 0.3) is 0 Å². The predicted octanol–water partition coefficient (Wildman–Crippen LogP) is 1.44. The number of alkyl carbamates (subject to hydrolysis) is 1. The molecule has 1 heterocycles. The van der Waals surface area contributed by atoms with Crippen molar-refractivity contribution in [1.29, 1.82) is 0 Å². The molecule has 4 rings (SSSR count). The van der Waals surface area contributed by atoms with E-state index in [0.717, 1.165) is 33.6 Å². The molecule has 0 saturated carbocycles. The number of carboxylic acid groups (broad SMARTS) is 1. The molecule has 2 unspecified atom stereocenters. The molecule has 2 aromatic carbocycles. The van der Waals surface area contributed by atoms with Gasteiger partial charge in [-0.25, -0.2) is 9.78 Å². The Kier molecular flexibility index (Phi) is 5.99. The summed E-state index contributed by atoms with van der Waals surface area (Å²) in [6.45, 7) is -0.171. The molecule has 1 aliphatic rings. The van der Waals surface area contributed by atoms with Crippen LogP contribution in [0.3, 0.4) is 0 Å². The van der Waals surface area contributed by atoms with E-state index in [4.69, 9.17) is 4.74 Å². The number of benzene rings is 2. The van der Waals surface area contributed by atoms with E-state index in [0.29, 0.717) is 0 Å². The number of nitrogens with zero attached hydrogens (tertiary/aromatic N) is 1. The number of ether oxygens (including phenoxy) is 1. The molecular formula is C22H19N2O6S-. The monoisotopic (exact) mass is 439 g/mol. The number of carbonyl (C=O) groups is 2. The van der Waals surface area contributed by atoms with Crippen LogP contribution in [0.5, 0.6) is 0 Å². The van der Waals surface area contributed by atoms with Crippen molar-refractivity contribution in [3.05, 3.63) is 75.7 Å². The van der Waals surface area contributed by atoms with Crippen LogP contribution in [0.1, 0.15) is 38.6 Å². The number of amides is 1. The van der Waals surface area contributed by atoms with Crippen LogP contribution in [0.15, 0.2) is 53.9 Å². The number of rotatable bonds is 7. The van der Waals surface area contributed by atoms with Gasteiger partial charge < -0.3 is 30.2 Å². The molecule has 0 fully saturated rings. The minimum atomic E-state index is -1.46. The smallest absolute Gasteiger partial charge is 0.407 e. The summed E-state index contributed by atoms with van der Waals surface area (Å²) in [5.41, 5.74) is 4.39. The second-order valence-corrected chi connectivity index (χ2v) is 7.94. The number of carbonyl (C=O) groups excluding carboxylic acids is 2.